The number of pyridine rings is 1. The van der Waals surface area contributed by atoms with Crippen LogP contribution in [0.4, 0.5) is 13.2 Å². The Kier molecular flexibility index (Phi) is 3.86. The molecule has 1 aromatic carbocycles. The number of hydrogen-bond donors (Lipinski definition) is 0. The molecule has 0 N–H and O–H groups in total. The van der Waals surface area contributed by atoms with E-state index in [9.17, 15) is 18.0 Å². The van der Waals surface area contributed by atoms with Crippen LogP contribution in [0.1, 0.15) is 35.3 Å². The van der Waals surface area contributed by atoms with Gasteiger partial charge in [-0.2, -0.15) is 13.2 Å². The van der Waals surface area contributed by atoms with Crippen LogP contribution in [-0.4, -0.2) is 17.4 Å². The fourth-order valence-corrected chi connectivity index (χ4v) is 2.98. The Morgan fingerprint density at radius 2 is 1.75 bits per heavy atom. The van der Waals surface area contributed by atoms with Crippen molar-refractivity contribution in [2.75, 3.05) is 6.61 Å². The highest BCUT2D eigenvalue weighted by Gasteiger charge is 2.42. The Morgan fingerprint density at radius 1 is 1.08 bits per heavy atom. The minimum Gasteiger partial charge on any atom is -0.492 e. The lowest BCUT2D eigenvalue weighted by Crippen LogP contribution is -2.41. The molecule has 3 nitrogen and oxygen atoms in total. The number of carbonyl (C=O) groups excluding carboxylic acids is 1. The maximum absolute atomic E-state index is 12.8. The minimum atomic E-state index is -4.46. The Morgan fingerprint density at radius 3 is 2.38 bits per heavy atom. The molecular formula is C18H16F3NO2. The van der Waals surface area contributed by atoms with E-state index >= 15 is 0 Å². The molecule has 0 spiro atoms. The highest BCUT2D eigenvalue weighted by molar-refractivity contribution is 6.02. The van der Waals surface area contributed by atoms with Gasteiger partial charge in [-0.1, -0.05) is 13.8 Å². The van der Waals surface area contributed by atoms with Crippen LogP contribution in [0.15, 0.2) is 42.7 Å². The van der Waals surface area contributed by atoms with Crippen molar-refractivity contribution in [3.05, 3.63) is 59.4 Å². The van der Waals surface area contributed by atoms with Crippen molar-refractivity contribution in [3.63, 3.8) is 0 Å². The van der Waals surface area contributed by atoms with E-state index in [-0.39, 0.29) is 23.7 Å². The standard InChI is InChI=1S/C18H16F3NO2/c1-17(2,11-5-7-22-8-6-11)14-10-24-15-9-12(18(19,20)21)3-4-13(15)16(14)23/h3-9,14H,10H2,1-2H3. The van der Waals surface area contributed by atoms with Gasteiger partial charge in [0.05, 0.1) is 23.7 Å². The number of alkyl halides is 3. The van der Waals surface area contributed by atoms with Gasteiger partial charge in [0.15, 0.2) is 5.78 Å². The van der Waals surface area contributed by atoms with Crippen molar-refractivity contribution in [3.8, 4) is 5.75 Å². The zero-order valence-corrected chi connectivity index (χ0v) is 13.2. The fourth-order valence-electron chi connectivity index (χ4n) is 2.98. The number of halogens is 3. The third-order valence-corrected chi connectivity index (χ3v) is 4.59. The molecule has 0 saturated carbocycles. The summed E-state index contributed by atoms with van der Waals surface area (Å²) in [5.74, 6) is -0.687. The number of aromatic nitrogens is 1. The average Bonchev–Trinajstić information content (AvgIpc) is 2.54. The lowest BCUT2D eigenvalue weighted by Gasteiger charge is -2.36. The molecule has 2 aromatic rings. The van der Waals surface area contributed by atoms with E-state index in [2.05, 4.69) is 4.98 Å². The van der Waals surface area contributed by atoms with Gasteiger partial charge < -0.3 is 4.74 Å². The van der Waals surface area contributed by atoms with Crippen LogP contribution in [0, 0.1) is 5.92 Å². The Labute approximate surface area is 137 Å². The number of nitrogens with zero attached hydrogens (tertiary/aromatic N) is 1. The maximum Gasteiger partial charge on any atom is 0.416 e. The molecule has 2 heterocycles. The number of hydrogen-bond acceptors (Lipinski definition) is 3. The van der Waals surface area contributed by atoms with Gasteiger partial charge in [0, 0.05) is 17.8 Å². The van der Waals surface area contributed by atoms with E-state index in [1.807, 2.05) is 26.0 Å². The molecule has 3 rings (SSSR count). The third kappa shape index (κ3) is 2.77. The second-order valence-electron chi connectivity index (χ2n) is 6.39. The number of carbonyl (C=O) groups is 1. The number of benzene rings is 1. The summed E-state index contributed by atoms with van der Waals surface area (Å²) in [5.41, 5.74) is -0.225. The van der Waals surface area contributed by atoms with Crippen LogP contribution in [-0.2, 0) is 11.6 Å². The van der Waals surface area contributed by atoms with E-state index < -0.39 is 23.1 Å². The summed E-state index contributed by atoms with van der Waals surface area (Å²) in [5, 5.41) is 0. The molecule has 1 aliphatic rings. The SMILES string of the molecule is CC(C)(c1ccncc1)C1COc2cc(C(F)(F)F)ccc2C1=O. The van der Waals surface area contributed by atoms with E-state index in [0.29, 0.717) is 0 Å². The normalized spacial score (nSPS) is 18.0. The van der Waals surface area contributed by atoms with Crippen LogP contribution >= 0.6 is 0 Å². The third-order valence-electron chi connectivity index (χ3n) is 4.59. The quantitative estimate of drug-likeness (QED) is 0.823. The first-order chi connectivity index (χ1) is 11.2. The first-order valence-corrected chi connectivity index (χ1v) is 7.50. The Hall–Kier alpha value is -2.37. The summed E-state index contributed by atoms with van der Waals surface area (Å²) >= 11 is 0. The van der Waals surface area contributed by atoms with Crippen molar-refractivity contribution in [1.29, 1.82) is 0 Å². The van der Waals surface area contributed by atoms with Crippen LogP contribution in [0.3, 0.4) is 0 Å². The Bertz CT molecular complexity index is 770. The summed E-state index contributed by atoms with van der Waals surface area (Å²) in [6.45, 7) is 3.88. The number of ether oxygens (including phenoxy) is 1. The average molecular weight is 335 g/mol. The fraction of sp³-hybridized carbons (Fsp3) is 0.333. The molecule has 1 atom stereocenters. The van der Waals surface area contributed by atoms with Gasteiger partial charge in [-0.25, -0.2) is 0 Å². The monoisotopic (exact) mass is 335 g/mol. The highest BCUT2D eigenvalue weighted by Crippen LogP contribution is 2.41. The molecule has 6 heteroatoms. The van der Waals surface area contributed by atoms with Gasteiger partial charge in [-0.05, 0) is 35.9 Å². The molecule has 0 aliphatic carbocycles. The van der Waals surface area contributed by atoms with E-state index in [4.69, 9.17) is 4.74 Å². The predicted molar refractivity (Wildman–Crippen MR) is 82.0 cm³/mol. The van der Waals surface area contributed by atoms with E-state index in [0.717, 1.165) is 17.7 Å². The van der Waals surface area contributed by atoms with E-state index in [1.54, 1.807) is 12.4 Å². The molecule has 1 aromatic heterocycles. The zero-order valence-electron chi connectivity index (χ0n) is 13.2. The van der Waals surface area contributed by atoms with Gasteiger partial charge in [-0.15, -0.1) is 0 Å². The van der Waals surface area contributed by atoms with E-state index in [1.165, 1.54) is 6.07 Å². The smallest absolute Gasteiger partial charge is 0.416 e. The maximum atomic E-state index is 12.8. The molecular weight excluding hydrogens is 319 g/mol. The first kappa shape index (κ1) is 16.5. The van der Waals surface area contributed by atoms with Crippen molar-refractivity contribution < 1.29 is 22.7 Å². The van der Waals surface area contributed by atoms with Crippen molar-refractivity contribution in [2.45, 2.75) is 25.4 Å². The number of fused-ring (bicyclic) bond motifs is 1. The number of ketones is 1. The molecule has 1 aliphatic heterocycles. The van der Waals surface area contributed by atoms with Crippen molar-refractivity contribution in [1.82, 2.24) is 4.98 Å². The second kappa shape index (κ2) is 5.61. The largest absolute Gasteiger partial charge is 0.492 e. The molecule has 0 fully saturated rings. The number of rotatable bonds is 2. The lowest BCUT2D eigenvalue weighted by molar-refractivity contribution is -0.137. The summed E-state index contributed by atoms with van der Waals surface area (Å²) < 4.78 is 43.9. The van der Waals surface area contributed by atoms with Gasteiger partial charge in [0.1, 0.15) is 5.75 Å². The second-order valence-corrected chi connectivity index (χ2v) is 6.39. The summed E-state index contributed by atoms with van der Waals surface area (Å²) in [6, 6.07) is 6.67. The molecule has 0 bridgehead atoms. The first-order valence-electron chi connectivity index (χ1n) is 7.50. The van der Waals surface area contributed by atoms with Crippen LogP contribution in [0.25, 0.3) is 0 Å². The number of Topliss-reactive ketones (excluding diaryl/α,β-unsaturated/α-hetero) is 1. The molecule has 0 saturated heterocycles. The van der Waals surface area contributed by atoms with Crippen molar-refractivity contribution in [2.24, 2.45) is 5.92 Å². The minimum absolute atomic E-state index is 0.00315. The topological polar surface area (TPSA) is 39.2 Å². The molecule has 1 unspecified atom stereocenters. The van der Waals surface area contributed by atoms with Crippen LogP contribution < -0.4 is 4.74 Å². The zero-order chi connectivity index (χ0) is 17.5. The predicted octanol–water partition coefficient (Wildman–Crippen LogP) is 4.27. The molecule has 24 heavy (non-hydrogen) atoms. The van der Waals surface area contributed by atoms with Crippen LogP contribution in [0.5, 0.6) is 5.75 Å². The summed E-state index contributed by atoms with van der Waals surface area (Å²) in [4.78, 5) is 16.8. The Balaban J connectivity index is 1.96. The van der Waals surface area contributed by atoms with Gasteiger partial charge in [0.2, 0.25) is 0 Å². The molecule has 0 amide bonds. The van der Waals surface area contributed by atoms with Gasteiger partial charge >= 0.3 is 6.18 Å². The van der Waals surface area contributed by atoms with Crippen LogP contribution in [0.2, 0.25) is 0 Å². The molecule has 0 radical (unpaired) electrons. The lowest BCUT2D eigenvalue weighted by atomic mass is 9.70. The van der Waals surface area contributed by atoms with Gasteiger partial charge in [-0.3, -0.25) is 9.78 Å². The highest BCUT2D eigenvalue weighted by atomic mass is 19.4. The van der Waals surface area contributed by atoms with Gasteiger partial charge in [0.25, 0.3) is 0 Å². The summed E-state index contributed by atoms with van der Waals surface area (Å²) in [6.07, 6.45) is -1.17. The molecule has 126 valence electrons. The summed E-state index contributed by atoms with van der Waals surface area (Å²) in [7, 11) is 0. The van der Waals surface area contributed by atoms with Crippen molar-refractivity contribution >= 4 is 5.78 Å².